The number of aryl methyl sites for hydroxylation is 1. The third-order valence-electron chi connectivity index (χ3n) is 4.41. The van der Waals surface area contributed by atoms with Crippen molar-refractivity contribution in [2.45, 2.75) is 12.8 Å². The van der Waals surface area contributed by atoms with Gasteiger partial charge < -0.3 is 24.0 Å². The highest BCUT2D eigenvalue weighted by molar-refractivity contribution is 5.87. The molecule has 0 spiro atoms. The monoisotopic (exact) mass is 358 g/mol. The molecule has 1 fully saturated rings. The van der Waals surface area contributed by atoms with E-state index in [2.05, 4.69) is 15.1 Å². The second-order valence-electron chi connectivity index (χ2n) is 6.09. The van der Waals surface area contributed by atoms with Gasteiger partial charge in [-0.2, -0.15) is 0 Å². The summed E-state index contributed by atoms with van der Waals surface area (Å²) in [6.07, 6.45) is 3.93. The lowest BCUT2D eigenvalue weighted by Crippen LogP contribution is -2.18. The SMILES string of the molecule is COc1cc(N2CCCC2)c(OC)cc1/N=N/c1cc(C(=O)O)n(C)c1. The molecular weight excluding hydrogens is 336 g/mol. The normalized spacial score (nSPS) is 14.2. The number of hydrogen-bond donors (Lipinski definition) is 1. The number of aromatic carboxylic acids is 1. The topological polar surface area (TPSA) is 88.7 Å². The number of hydrogen-bond acceptors (Lipinski definition) is 6. The fourth-order valence-electron chi connectivity index (χ4n) is 3.07. The van der Waals surface area contributed by atoms with Gasteiger partial charge in [-0.25, -0.2) is 4.79 Å². The Morgan fingerprint density at radius 1 is 1.08 bits per heavy atom. The molecule has 3 rings (SSSR count). The minimum Gasteiger partial charge on any atom is -0.494 e. The van der Waals surface area contributed by atoms with Crippen LogP contribution in [0.1, 0.15) is 23.3 Å². The van der Waals surface area contributed by atoms with Gasteiger partial charge in [0.2, 0.25) is 0 Å². The summed E-state index contributed by atoms with van der Waals surface area (Å²) >= 11 is 0. The van der Waals surface area contributed by atoms with E-state index in [1.807, 2.05) is 6.07 Å². The second-order valence-corrected chi connectivity index (χ2v) is 6.09. The Morgan fingerprint density at radius 3 is 2.35 bits per heavy atom. The Hall–Kier alpha value is -3.03. The molecule has 8 heteroatoms. The molecule has 0 radical (unpaired) electrons. The second kappa shape index (κ2) is 7.47. The first kappa shape index (κ1) is 17.8. The van der Waals surface area contributed by atoms with Crippen LogP contribution < -0.4 is 14.4 Å². The van der Waals surface area contributed by atoms with E-state index in [0.29, 0.717) is 22.9 Å². The van der Waals surface area contributed by atoms with E-state index in [1.165, 1.54) is 10.6 Å². The first-order valence-electron chi connectivity index (χ1n) is 8.36. The highest BCUT2D eigenvalue weighted by Gasteiger charge is 2.19. The molecule has 2 heterocycles. The van der Waals surface area contributed by atoms with Crippen LogP contribution in [0.25, 0.3) is 0 Å². The van der Waals surface area contributed by atoms with Crippen LogP contribution in [0, 0.1) is 0 Å². The molecular formula is C18H22N4O4. The molecule has 1 aromatic heterocycles. The van der Waals surface area contributed by atoms with Crippen LogP contribution in [-0.2, 0) is 7.05 Å². The average molecular weight is 358 g/mol. The zero-order chi connectivity index (χ0) is 18.7. The van der Waals surface area contributed by atoms with E-state index in [1.54, 1.807) is 33.5 Å². The average Bonchev–Trinajstić information content (AvgIpc) is 3.28. The van der Waals surface area contributed by atoms with Gasteiger partial charge in [-0.3, -0.25) is 0 Å². The van der Waals surface area contributed by atoms with Gasteiger partial charge in [0.1, 0.15) is 28.6 Å². The van der Waals surface area contributed by atoms with Crippen molar-refractivity contribution < 1.29 is 19.4 Å². The molecule has 1 aliphatic rings. The molecule has 0 unspecified atom stereocenters. The van der Waals surface area contributed by atoms with E-state index in [-0.39, 0.29) is 5.69 Å². The number of rotatable bonds is 6. The van der Waals surface area contributed by atoms with Gasteiger partial charge in [0.25, 0.3) is 0 Å². The molecule has 8 nitrogen and oxygen atoms in total. The summed E-state index contributed by atoms with van der Waals surface area (Å²) in [6, 6.07) is 5.16. The van der Waals surface area contributed by atoms with Gasteiger partial charge in [0.15, 0.2) is 0 Å². The minimum absolute atomic E-state index is 0.146. The Balaban J connectivity index is 1.93. The van der Waals surface area contributed by atoms with Crippen molar-refractivity contribution in [1.82, 2.24) is 4.57 Å². The maximum absolute atomic E-state index is 11.1. The minimum atomic E-state index is -1.01. The highest BCUT2D eigenvalue weighted by Crippen LogP contribution is 2.41. The summed E-state index contributed by atoms with van der Waals surface area (Å²) in [5, 5.41) is 17.5. The quantitative estimate of drug-likeness (QED) is 0.794. The van der Waals surface area contributed by atoms with Crippen molar-refractivity contribution in [1.29, 1.82) is 0 Å². The fraction of sp³-hybridized carbons (Fsp3) is 0.389. The van der Waals surface area contributed by atoms with Crippen LogP contribution in [0.5, 0.6) is 11.5 Å². The standard InChI is InChI=1S/C18H22N4O4/c1-21-11-12(8-15(21)18(23)24)19-20-13-9-17(26-3)14(10-16(13)25-2)22-6-4-5-7-22/h8-11H,4-7H2,1-3H3,(H,23,24)/b20-19+. The van der Waals surface area contributed by atoms with Gasteiger partial charge in [-0.15, -0.1) is 10.2 Å². The summed E-state index contributed by atoms with van der Waals surface area (Å²) in [4.78, 5) is 13.4. The van der Waals surface area contributed by atoms with Crippen LogP contribution in [0.3, 0.4) is 0 Å². The lowest BCUT2D eigenvalue weighted by Gasteiger charge is -2.21. The number of anilines is 1. The Morgan fingerprint density at radius 2 is 1.77 bits per heavy atom. The molecule has 0 bridgehead atoms. The van der Waals surface area contributed by atoms with Gasteiger partial charge >= 0.3 is 5.97 Å². The van der Waals surface area contributed by atoms with Gasteiger partial charge in [-0.1, -0.05) is 0 Å². The van der Waals surface area contributed by atoms with Crippen LogP contribution >= 0.6 is 0 Å². The van der Waals surface area contributed by atoms with Gasteiger partial charge in [0, 0.05) is 38.5 Å². The molecule has 1 aromatic carbocycles. The summed E-state index contributed by atoms with van der Waals surface area (Å²) in [7, 11) is 4.86. The molecule has 0 amide bonds. The lowest BCUT2D eigenvalue weighted by molar-refractivity contribution is 0.0686. The molecule has 2 aromatic rings. The van der Waals surface area contributed by atoms with Gasteiger partial charge in [0.05, 0.1) is 19.9 Å². The van der Waals surface area contributed by atoms with E-state index in [4.69, 9.17) is 14.6 Å². The van der Waals surface area contributed by atoms with Crippen molar-refractivity contribution in [2.24, 2.45) is 17.3 Å². The first-order chi connectivity index (χ1) is 12.5. The summed E-state index contributed by atoms with van der Waals surface area (Å²) in [5.41, 5.74) is 2.10. The molecule has 0 saturated carbocycles. The molecule has 1 saturated heterocycles. The highest BCUT2D eigenvalue weighted by atomic mass is 16.5. The number of ether oxygens (including phenoxy) is 2. The van der Waals surface area contributed by atoms with E-state index < -0.39 is 5.97 Å². The maximum atomic E-state index is 11.1. The van der Waals surface area contributed by atoms with Crippen molar-refractivity contribution in [3.05, 3.63) is 30.1 Å². The summed E-state index contributed by atoms with van der Waals surface area (Å²) < 4.78 is 12.5. The predicted molar refractivity (Wildman–Crippen MR) is 97.5 cm³/mol. The molecule has 1 aliphatic heterocycles. The van der Waals surface area contributed by atoms with E-state index in [0.717, 1.165) is 31.6 Å². The molecule has 1 N–H and O–H groups in total. The maximum Gasteiger partial charge on any atom is 0.352 e. The molecule has 26 heavy (non-hydrogen) atoms. The number of nitrogens with zero attached hydrogens (tertiary/aromatic N) is 4. The van der Waals surface area contributed by atoms with Crippen molar-refractivity contribution in [2.75, 3.05) is 32.2 Å². The van der Waals surface area contributed by atoms with Crippen LogP contribution in [0.2, 0.25) is 0 Å². The number of aromatic nitrogens is 1. The Kier molecular flexibility index (Phi) is 5.11. The van der Waals surface area contributed by atoms with Crippen LogP contribution in [0.15, 0.2) is 34.6 Å². The summed E-state index contributed by atoms with van der Waals surface area (Å²) in [5.74, 6) is 0.287. The van der Waals surface area contributed by atoms with Gasteiger partial charge in [-0.05, 0) is 18.9 Å². The largest absolute Gasteiger partial charge is 0.494 e. The number of carboxylic acids is 1. The van der Waals surface area contributed by atoms with E-state index >= 15 is 0 Å². The van der Waals surface area contributed by atoms with Crippen molar-refractivity contribution in [3.63, 3.8) is 0 Å². The lowest BCUT2D eigenvalue weighted by atomic mass is 10.2. The Labute approximate surface area is 151 Å². The number of carboxylic acid groups (broad SMARTS) is 1. The van der Waals surface area contributed by atoms with Crippen LogP contribution in [0.4, 0.5) is 17.1 Å². The van der Waals surface area contributed by atoms with Crippen molar-refractivity contribution in [3.8, 4) is 11.5 Å². The van der Waals surface area contributed by atoms with Crippen LogP contribution in [-0.4, -0.2) is 43.0 Å². The zero-order valence-electron chi connectivity index (χ0n) is 15.1. The number of azo groups is 1. The first-order valence-corrected chi connectivity index (χ1v) is 8.36. The number of methoxy groups -OCH3 is 2. The van der Waals surface area contributed by atoms with E-state index in [9.17, 15) is 4.79 Å². The van der Waals surface area contributed by atoms with Crippen molar-refractivity contribution >= 4 is 23.0 Å². The number of carbonyl (C=O) groups is 1. The fourth-order valence-corrected chi connectivity index (χ4v) is 3.07. The number of benzene rings is 1. The third-order valence-corrected chi connectivity index (χ3v) is 4.41. The molecule has 138 valence electrons. The Bertz CT molecular complexity index is 838. The molecule has 0 atom stereocenters. The smallest absolute Gasteiger partial charge is 0.352 e. The molecule has 0 aliphatic carbocycles. The predicted octanol–water partition coefficient (Wildman–Crippen LogP) is 3.76. The summed E-state index contributed by atoms with van der Waals surface area (Å²) in [6.45, 7) is 1.98. The zero-order valence-corrected chi connectivity index (χ0v) is 15.1. The third kappa shape index (κ3) is 3.49.